The van der Waals surface area contributed by atoms with E-state index in [-0.39, 0.29) is 34.4 Å². The second-order valence-electron chi connectivity index (χ2n) is 3.02. The van der Waals surface area contributed by atoms with Gasteiger partial charge in [0.2, 0.25) is 0 Å². The van der Waals surface area contributed by atoms with Crippen molar-refractivity contribution < 1.29 is 34.6 Å². The van der Waals surface area contributed by atoms with Crippen LogP contribution in [0.3, 0.4) is 0 Å². The predicted molar refractivity (Wildman–Crippen MR) is 71.5 cm³/mol. The third kappa shape index (κ3) is 4.00. The van der Waals surface area contributed by atoms with Gasteiger partial charge in [0.05, 0.1) is 18.7 Å². The van der Waals surface area contributed by atoms with Gasteiger partial charge < -0.3 is 10.9 Å². The minimum Gasteiger partial charge on any atom is -1.00 e. The van der Waals surface area contributed by atoms with Gasteiger partial charge >= 0.3 is 18.9 Å². The summed E-state index contributed by atoms with van der Waals surface area (Å²) in [5.74, 6) is 1.11. The van der Waals surface area contributed by atoms with E-state index in [0.29, 0.717) is 17.1 Å². The Morgan fingerprint density at radius 2 is 2.06 bits per heavy atom. The Hall–Kier alpha value is -0.00260. The SMILES string of the molecule is CCPC(=O)c1c(OC)ccc(Br)c1OC.[H-].[Li+]. The van der Waals surface area contributed by atoms with Crippen LogP contribution >= 0.6 is 24.5 Å². The molecule has 0 spiro atoms. The summed E-state index contributed by atoms with van der Waals surface area (Å²) in [5.41, 5.74) is 0.594. The van der Waals surface area contributed by atoms with Crippen molar-refractivity contribution in [2.45, 2.75) is 6.92 Å². The minimum absolute atomic E-state index is 0. The Kier molecular flexibility index (Phi) is 8.16. The monoisotopic (exact) mass is 312 g/mol. The molecule has 17 heavy (non-hydrogen) atoms. The summed E-state index contributed by atoms with van der Waals surface area (Å²) in [6.45, 7) is 1.98. The zero-order chi connectivity index (χ0) is 12.1. The molecule has 0 fully saturated rings. The van der Waals surface area contributed by atoms with Gasteiger partial charge in [0.25, 0.3) is 0 Å². The normalized spacial score (nSPS) is 10.1. The molecule has 6 heteroatoms. The zero-order valence-electron chi connectivity index (χ0n) is 11.5. The second kappa shape index (κ2) is 8.16. The van der Waals surface area contributed by atoms with E-state index < -0.39 is 0 Å². The molecular formula is C11H15BrLiO3P. The number of hydrogen-bond acceptors (Lipinski definition) is 3. The first-order chi connectivity index (χ1) is 7.65. The number of benzene rings is 1. The standard InChI is InChI=1S/C11H14BrO3P.Li.H/c1-4-16-11(13)9-8(14-2)6-5-7(12)10(9)15-3;;/h5-6,16H,4H2,1-3H3;;/q;+1;-1. The van der Waals surface area contributed by atoms with Crippen molar-refractivity contribution in [3.05, 3.63) is 22.2 Å². The maximum absolute atomic E-state index is 12.0. The van der Waals surface area contributed by atoms with Gasteiger partial charge in [0.15, 0.2) is 5.52 Å². The molecule has 0 bridgehead atoms. The fourth-order valence-electron chi connectivity index (χ4n) is 1.37. The third-order valence-corrected chi connectivity index (χ3v) is 3.61. The van der Waals surface area contributed by atoms with Gasteiger partial charge in [0, 0.05) is 0 Å². The summed E-state index contributed by atoms with van der Waals surface area (Å²) in [6, 6.07) is 3.57. The molecule has 0 aliphatic carbocycles. The van der Waals surface area contributed by atoms with Crippen LogP contribution in [0.2, 0.25) is 0 Å². The van der Waals surface area contributed by atoms with Crippen molar-refractivity contribution in [3.8, 4) is 11.5 Å². The van der Waals surface area contributed by atoms with Crippen LogP contribution in [0.1, 0.15) is 18.7 Å². The molecular weight excluding hydrogens is 298 g/mol. The number of carbonyl (C=O) groups is 1. The Labute approximate surface area is 125 Å². The first-order valence-corrected chi connectivity index (χ1v) is 6.84. The Bertz CT molecular complexity index is 404. The number of methoxy groups -OCH3 is 2. The smallest absolute Gasteiger partial charge is 1.00 e. The average molecular weight is 313 g/mol. The molecule has 0 saturated heterocycles. The fraction of sp³-hybridized carbons (Fsp3) is 0.364. The summed E-state index contributed by atoms with van der Waals surface area (Å²) in [7, 11) is 3.34. The van der Waals surface area contributed by atoms with Crippen molar-refractivity contribution in [1.82, 2.24) is 0 Å². The van der Waals surface area contributed by atoms with Crippen LogP contribution in [0.5, 0.6) is 11.5 Å². The molecule has 1 aromatic carbocycles. The number of carbonyl (C=O) groups excluding carboxylic acids is 1. The Balaban J connectivity index is 0. The quantitative estimate of drug-likeness (QED) is 0.584. The van der Waals surface area contributed by atoms with Crippen LogP contribution in [0, 0.1) is 0 Å². The van der Waals surface area contributed by atoms with Crippen molar-refractivity contribution >= 4 is 30.0 Å². The largest absolute Gasteiger partial charge is 1.00 e. The van der Waals surface area contributed by atoms with E-state index in [2.05, 4.69) is 15.9 Å². The summed E-state index contributed by atoms with van der Waals surface area (Å²) >= 11 is 3.36. The first kappa shape index (κ1) is 17.0. The van der Waals surface area contributed by atoms with E-state index in [0.717, 1.165) is 10.6 Å². The van der Waals surface area contributed by atoms with Crippen LogP contribution < -0.4 is 28.3 Å². The molecule has 0 saturated carbocycles. The minimum atomic E-state index is 0. The molecule has 90 valence electrons. The van der Waals surface area contributed by atoms with Gasteiger partial charge in [-0.05, 0) is 42.8 Å². The van der Waals surface area contributed by atoms with Crippen LogP contribution in [-0.2, 0) is 0 Å². The molecule has 0 heterocycles. The number of ether oxygens (including phenoxy) is 2. The number of rotatable bonds is 5. The van der Waals surface area contributed by atoms with Crippen LogP contribution in [0.4, 0.5) is 0 Å². The molecule has 1 aromatic rings. The molecule has 0 aromatic heterocycles. The predicted octanol–water partition coefficient (Wildman–Crippen LogP) is 0.421. The van der Waals surface area contributed by atoms with Crippen molar-refractivity contribution in [2.24, 2.45) is 0 Å². The molecule has 0 radical (unpaired) electrons. The van der Waals surface area contributed by atoms with Crippen molar-refractivity contribution in [3.63, 3.8) is 0 Å². The van der Waals surface area contributed by atoms with Crippen molar-refractivity contribution in [1.29, 1.82) is 0 Å². The van der Waals surface area contributed by atoms with E-state index in [1.165, 1.54) is 0 Å². The molecule has 3 nitrogen and oxygen atoms in total. The summed E-state index contributed by atoms with van der Waals surface area (Å²) in [5, 5.41) is 0. The summed E-state index contributed by atoms with van der Waals surface area (Å²) in [4.78, 5) is 12.0. The van der Waals surface area contributed by atoms with Crippen molar-refractivity contribution in [2.75, 3.05) is 20.4 Å². The van der Waals surface area contributed by atoms with Gasteiger partial charge in [-0.25, -0.2) is 0 Å². The van der Waals surface area contributed by atoms with Gasteiger partial charge in [-0.1, -0.05) is 6.92 Å². The second-order valence-corrected chi connectivity index (χ2v) is 5.39. The molecule has 1 unspecified atom stereocenters. The van der Waals surface area contributed by atoms with Gasteiger partial charge in [-0.2, -0.15) is 0 Å². The maximum atomic E-state index is 12.0. The average Bonchev–Trinajstić information content (AvgIpc) is 2.28. The van der Waals surface area contributed by atoms with E-state index in [4.69, 9.17) is 9.47 Å². The molecule has 0 aliphatic heterocycles. The van der Waals surface area contributed by atoms with Gasteiger partial charge in [-0.15, -0.1) is 0 Å². The van der Waals surface area contributed by atoms with E-state index in [1.54, 1.807) is 20.3 Å². The van der Waals surface area contributed by atoms with Crippen LogP contribution in [-0.4, -0.2) is 25.9 Å². The summed E-state index contributed by atoms with van der Waals surface area (Å²) in [6.07, 6.45) is 0.831. The number of halogens is 1. The fourth-order valence-corrected chi connectivity index (χ4v) is 2.60. The molecule has 1 rings (SSSR count). The third-order valence-electron chi connectivity index (χ3n) is 2.06. The molecule has 0 amide bonds. The van der Waals surface area contributed by atoms with E-state index >= 15 is 0 Å². The number of hydrogen-bond donors (Lipinski definition) is 0. The topological polar surface area (TPSA) is 35.5 Å². The molecule has 0 N–H and O–H groups in total. The molecule has 0 aliphatic rings. The first-order valence-electron chi connectivity index (χ1n) is 4.84. The molecule has 1 atom stereocenters. The van der Waals surface area contributed by atoms with Crippen LogP contribution in [0.15, 0.2) is 16.6 Å². The Morgan fingerprint density at radius 3 is 2.53 bits per heavy atom. The van der Waals surface area contributed by atoms with E-state index in [9.17, 15) is 4.79 Å². The maximum Gasteiger partial charge on any atom is 1.00 e. The van der Waals surface area contributed by atoms with Crippen LogP contribution in [0.25, 0.3) is 0 Å². The summed E-state index contributed by atoms with van der Waals surface area (Å²) < 4.78 is 11.2. The van der Waals surface area contributed by atoms with Gasteiger partial charge in [0.1, 0.15) is 17.1 Å². The van der Waals surface area contributed by atoms with E-state index in [1.807, 2.05) is 13.0 Å². The zero-order valence-corrected chi connectivity index (χ0v) is 13.1. The van der Waals surface area contributed by atoms with Gasteiger partial charge in [-0.3, -0.25) is 4.79 Å². The Morgan fingerprint density at radius 1 is 1.41 bits per heavy atom.